The van der Waals surface area contributed by atoms with Crippen LogP contribution in [0.4, 0.5) is 0 Å². The van der Waals surface area contributed by atoms with Crippen LogP contribution in [0.3, 0.4) is 0 Å². The summed E-state index contributed by atoms with van der Waals surface area (Å²) in [7, 11) is 3.97. The van der Waals surface area contributed by atoms with Gasteiger partial charge in [0.25, 0.3) is 0 Å². The Balaban J connectivity index is 2.63. The van der Waals surface area contributed by atoms with E-state index in [0.717, 1.165) is 12.8 Å². The monoisotopic (exact) mass is 197 g/mol. The number of nitrogens with zero attached hydrogens (tertiary/aromatic N) is 1. The predicted molar refractivity (Wildman–Crippen MR) is 59.3 cm³/mol. The van der Waals surface area contributed by atoms with Crippen LogP contribution >= 0.6 is 0 Å². The number of carbonyl (C=O) groups is 1. The number of ketones is 1. The van der Waals surface area contributed by atoms with Crippen LogP contribution in [0, 0.1) is 5.92 Å². The Morgan fingerprint density at radius 2 is 1.64 bits per heavy atom. The van der Waals surface area contributed by atoms with Gasteiger partial charge in [0.1, 0.15) is 0 Å². The van der Waals surface area contributed by atoms with Crippen LogP contribution in [-0.2, 0) is 4.79 Å². The molecule has 2 nitrogen and oxygen atoms in total. The van der Waals surface area contributed by atoms with Crippen molar-refractivity contribution < 1.29 is 4.79 Å². The molecule has 0 saturated heterocycles. The van der Waals surface area contributed by atoms with Crippen molar-refractivity contribution >= 4 is 5.78 Å². The number of Topliss-reactive ketones (excluding diaryl/α,β-unsaturated/α-hetero) is 1. The van der Waals surface area contributed by atoms with E-state index in [-0.39, 0.29) is 5.54 Å². The first-order valence-electron chi connectivity index (χ1n) is 5.68. The van der Waals surface area contributed by atoms with Gasteiger partial charge >= 0.3 is 0 Å². The molecule has 1 aliphatic rings. The maximum absolute atomic E-state index is 12.2. The van der Waals surface area contributed by atoms with E-state index in [1.165, 1.54) is 19.3 Å². The van der Waals surface area contributed by atoms with E-state index < -0.39 is 0 Å². The largest absolute Gasteiger partial charge is 0.298 e. The lowest BCUT2D eigenvalue weighted by Gasteiger charge is -2.35. The van der Waals surface area contributed by atoms with E-state index in [2.05, 4.69) is 0 Å². The zero-order chi connectivity index (χ0) is 10.8. The summed E-state index contributed by atoms with van der Waals surface area (Å²) in [5.41, 5.74) is -0.290. The third-order valence-electron chi connectivity index (χ3n) is 3.70. The molecule has 0 heterocycles. The summed E-state index contributed by atoms with van der Waals surface area (Å²) in [6.07, 6.45) is 6.00. The minimum Gasteiger partial charge on any atom is -0.298 e. The van der Waals surface area contributed by atoms with Crippen LogP contribution in [0.15, 0.2) is 0 Å². The lowest BCUT2D eigenvalue weighted by atomic mass is 9.79. The fourth-order valence-corrected chi connectivity index (χ4v) is 2.08. The first kappa shape index (κ1) is 11.7. The summed E-state index contributed by atoms with van der Waals surface area (Å²) in [4.78, 5) is 14.3. The molecular weight excluding hydrogens is 174 g/mol. The van der Waals surface area contributed by atoms with Gasteiger partial charge in [-0.25, -0.2) is 0 Å². The summed E-state index contributed by atoms with van der Waals surface area (Å²) in [5.74, 6) is 0.753. The van der Waals surface area contributed by atoms with Crippen molar-refractivity contribution in [1.29, 1.82) is 0 Å². The standard InChI is InChI=1S/C12H23NO/c1-12(2,13(3)4)11(14)10-8-6-5-7-9-10/h10H,5-9H2,1-4H3. The molecule has 2 heteroatoms. The van der Waals surface area contributed by atoms with Gasteiger partial charge in [-0.1, -0.05) is 19.3 Å². The average Bonchev–Trinajstić information content (AvgIpc) is 2.17. The molecule has 0 bridgehead atoms. The average molecular weight is 197 g/mol. The quantitative estimate of drug-likeness (QED) is 0.692. The summed E-state index contributed by atoms with van der Waals surface area (Å²) in [6.45, 7) is 4.06. The highest BCUT2D eigenvalue weighted by Gasteiger charge is 2.35. The van der Waals surface area contributed by atoms with Crippen LogP contribution < -0.4 is 0 Å². The lowest BCUT2D eigenvalue weighted by molar-refractivity contribution is -0.133. The first-order valence-corrected chi connectivity index (χ1v) is 5.68. The first-order chi connectivity index (χ1) is 6.46. The number of rotatable bonds is 3. The lowest BCUT2D eigenvalue weighted by Crippen LogP contribution is -2.48. The summed E-state index contributed by atoms with van der Waals surface area (Å²) >= 11 is 0. The highest BCUT2D eigenvalue weighted by atomic mass is 16.1. The normalized spacial score (nSPS) is 20.1. The van der Waals surface area contributed by atoms with Crippen LogP contribution in [0.1, 0.15) is 46.0 Å². The third-order valence-corrected chi connectivity index (χ3v) is 3.70. The molecule has 1 rings (SSSR count). The molecule has 0 amide bonds. The number of carbonyl (C=O) groups excluding carboxylic acids is 1. The van der Waals surface area contributed by atoms with Crippen molar-refractivity contribution in [3.05, 3.63) is 0 Å². The topological polar surface area (TPSA) is 20.3 Å². The Bertz CT molecular complexity index is 202. The van der Waals surface area contributed by atoms with Gasteiger partial charge in [0.15, 0.2) is 5.78 Å². The molecular formula is C12H23NO. The Kier molecular flexibility index (Phi) is 3.71. The fraction of sp³-hybridized carbons (Fsp3) is 0.917. The van der Waals surface area contributed by atoms with Crippen molar-refractivity contribution in [2.24, 2.45) is 5.92 Å². The molecule has 82 valence electrons. The molecule has 0 atom stereocenters. The predicted octanol–water partition coefficient (Wildman–Crippen LogP) is 2.48. The van der Waals surface area contributed by atoms with Gasteiger partial charge in [-0.05, 0) is 40.8 Å². The molecule has 0 aromatic rings. The van der Waals surface area contributed by atoms with Gasteiger partial charge < -0.3 is 0 Å². The molecule has 14 heavy (non-hydrogen) atoms. The van der Waals surface area contributed by atoms with Gasteiger partial charge in [-0.2, -0.15) is 0 Å². The van der Waals surface area contributed by atoms with Crippen molar-refractivity contribution in [1.82, 2.24) is 4.90 Å². The second kappa shape index (κ2) is 4.43. The number of hydrogen-bond donors (Lipinski definition) is 0. The number of hydrogen-bond acceptors (Lipinski definition) is 2. The Morgan fingerprint density at radius 1 is 1.14 bits per heavy atom. The summed E-state index contributed by atoms with van der Waals surface area (Å²) < 4.78 is 0. The highest BCUT2D eigenvalue weighted by Crippen LogP contribution is 2.29. The zero-order valence-electron chi connectivity index (χ0n) is 9.97. The van der Waals surface area contributed by atoms with Crippen LogP contribution in [0.5, 0.6) is 0 Å². The second-order valence-corrected chi connectivity index (χ2v) is 5.15. The summed E-state index contributed by atoms with van der Waals surface area (Å²) in [5, 5.41) is 0. The second-order valence-electron chi connectivity index (χ2n) is 5.15. The summed E-state index contributed by atoms with van der Waals surface area (Å²) in [6, 6.07) is 0. The van der Waals surface area contributed by atoms with Gasteiger partial charge in [-0.3, -0.25) is 9.69 Å². The van der Waals surface area contributed by atoms with E-state index >= 15 is 0 Å². The number of likely N-dealkylation sites (N-methyl/N-ethyl adjacent to an activating group) is 1. The van der Waals surface area contributed by atoms with Gasteiger partial charge in [-0.15, -0.1) is 0 Å². The zero-order valence-corrected chi connectivity index (χ0v) is 9.97. The molecule has 0 spiro atoms. The van der Waals surface area contributed by atoms with Crippen LogP contribution in [-0.4, -0.2) is 30.3 Å². The van der Waals surface area contributed by atoms with E-state index in [1.807, 2.05) is 32.8 Å². The van der Waals surface area contributed by atoms with Crippen molar-refractivity contribution in [2.75, 3.05) is 14.1 Å². The minimum absolute atomic E-state index is 0.290. The molecule has 0 aliphatic heterocycles. The van der Waals surface area contributed by atoms with Crippen LogP contribution in [0.25, 0.3) is 0 Å². The maximum Gasteiger partial charge on any atom is 0.155 e. The highest BCUT2D eigenvalue weighted by molar-refractivity contribution is 5.89. The molecule has 1 saturated carbocycles. The van der Waals surface area contributed by atoms with Gasteiger partial charge in [0, 0.05) is 5.92 Å². The van der Waals surface area contributed by atoms with Gasteiger partial charge in [0.2, 0.25) is 0 Å². The molecule has 1 aliphatic carbocycles. The van der Waals surface area contributed by atoms with Gasteiger partial charge in [0.05, 0.1) is 5.54 Å². The molecule has 1 fully saturated rings. The minimum atomic E-state index is -0.290. The Morgan fingerprint density at radius 3 is 2.07 bits per heavy atom. The van der Waals surface area contributed by atoms with E-state index in [1.54, 1.807) is 0 Å². The fourth-order valence-electron chi connectivity index (χ4n) is 2.08. The van der Waals surface area contributed by atoms with E-state index in [4.69, 9.17) is 0 Å². The molecule has 0 aromatic carbocycles. The molecule has 0 radical (unpaired) electrons. The van der Waals surface area contributed by atoms with E-state index in [0.29, 0.717) is 11.7 Å². The van der Waals surface area contributed by atoms with Crippen molar-refractivity contribution in [3.8, 4) is 0 Å². The van der Waals surface area contributed by atoms with Crippen LogP contribution in [0.2, 0.25) is 0 Å². The van der Waals surface area contributed by atoms with E-state index in [9.17, 15) is 4.79 Å². The molecule has 0 aromatic heterocycles. The smallest absolute Gasteiger partial charge is 0.155 e. The Hall–Kier alpha value is -0.370. The Labute approximate surface area is 87.7 Å². The molecule has 0 unspecified atom stereocenters. The van der Waals surface area contributed by atoms with Crippen molar-refractivity contribution in [2.45, 2.75) is 51.5 Å². The SMILES string of the molecule is CN(C)C(C)(C)C(=O)C1CCCCC1. The molecule has 0 N–H and O–H groups in total. The third kappa shape index (κ3) is 2.35. The maximum atomic E-state index is 12.2. The van der Waals surface area contributed by atoms with Crippen molar-refractivity contribution in [3.63, 3.8) is 0 Å².